The Morgan fingerprint density at radius 3 is 2.58 bits per heavy atom. The second-order valence-electron chi connectivity index (χ2n) is 8.32. The first-order valence-electron chi connectivity index (χ1n) is 10.7. The average Bonchev–Trinajstić information content (AvgIpc) is 3.32. The minimum absolute atomic E-state index is 0.113. The first-order chi connectivity index (χ1) is 16.8. The van der Waals surface area contributed by atoms with Crippen molar-refractivity contribution in [3.8, 4) is 0 Å². The van der Waals surface area contributed by atoms with Crippen molar-refractivity contribution < 1.29 is 42.6 Å². The molecule has 0 bridgehead atoms. The molecule has 1 aliphatic heterocycles. The molecule has 3 heterocycles. The predicted octanol–water partition coefficient (Wildman–Crippen LogP) is 3.19. The van der Waals surface area contributed by atoms with Crippen molar-refractivity contribution in [1.82, 2.24) is 14.5 Å². The number of alkyl halides is 1. The van der Waals surface area contributed by atoms with Gasteiger partial charge in [-0.1, -0.05) is 30.3 Å². The molecule has 5 N–H and O–H groups in total. The van der Waals surface area contributed by atoms with E-state index in [1.54, 1.807) is 6.07 Å². The van der Waals surface area contributed by atoms with E-state index in [0.717, 1.165) is 5.56 Å². The Labute approximate surface area is 209 Å². The Hall–Kier alpha value is -1.92. The van der Waals surface area contributed by atoms with Gasteiger partial charge in [0.15, 0.2) is 18.3 Å². The SMILES string of the molecule is C[C@H](Nc1nc(Cl)nc2c1ccn2[C@@H]1O[C@H](COP(=O)(O)CP(=O)(O)O)[C@@H](O)[C@@H]1F)c1ccccc1. The molecular weight excluding hydrogens is 541 g/mol. The monoisotopic (exact) mass is 564 g/mol. The summed E-state index contributed by atoms with van der Waals surface area (Å²) in [7, 11) is -9.56. The van der Waals surface area contributed by atoms with Gasteiger partial charge in [-0.15, -0.1) is 0 Å². The smallest absolute Gasteiger partial charge is 0.340 e. The van der Waals surface area contributed by atoms with E-state index >= 15 is 4.39 Å². The number of rotatable bonds is 9. The highest BCUT2D eigenvalue weighted by atomic mass is 35.5. The number of ether oxygens (including phenoxy) is 1. The summed E-state index contributed by atoms with van der Waals surface area (Å²) < 4.78 is 49.5. The normalized spacial score (nSPS) is 25.1. The van der Waals surface area contributed by atoms with Crippen LogP contribution in [0.5, 0.6) is 0 Å². The molecule has 196 valence electrons. The molecule has 6 atom stereocenters. The van der Waals surface area contributed by atoms with Gasteiger partial charge >= 0.3 is 15.2 Å². The van der Waals surface area contributed by atoms with Crippen molar-refractivity contribution in [3.05, 3.63) is 53.4 Å². The first kappa shape index (κ1) is 27.1. The summed E-state index contributed by atoms with van der Waals surface area (Å²) in [5.41, 5.74) is 1.21. The van der Waals surface area contributed by atoms with E-state index in [2.05, 4.69) is 19.8 Å². The lowest BCUT2D eigenvalue weighted by atomic mass is 10.1. The third kappa shape index (κ3) is 6.13. The topological polar surface area (TPSA) is 176 Å². The van der Waals surface area contributed by atoms with Gasteiger partial charge in [-0.3, -0.25) is 9.13 Å². The zero-order chi connectivity index (χ0) is 26.3. The fraction of sp³-hybridized carbons (Fsp3) is 0.400. The maximum Gasteiger partial charge on any atom is 0.340 e. The molecule has 1 aliphatic rings. The number of nitrogens with zero attached hydrogens (tertiary/aromatic N) is 3. The lowest BCUT2D eigenvalue weighted by Crippen LogP contribution is -2.31. The third-order valence-corrected chi connectivity index (χ3v) is 9.19. The van der Waals surface area contributed by atoms with Gasteiger partial charge in [0.25, 0.3) is 0 Å². The van der Waals surface area contributed by atoms with Crippen LogP contribution in [0, 0.1) is 0 Å². The highest BCUT2D eigenvalue weighted by molar-refractivity contribution is 7.70. The van der Waals surface area contributed by atoms with Gasteiger partial charge in [0.05, 0.1) is 12.0 Å². The van der Waals surface area contributed by atoms with Crippen LogP contribution in [-0.2, 0) is 18.4 Å². The Balaban J connectivity index is 1.55. The standard InChI is InChI=1S/C20H24ClFN4O8P2/c1-11(12-5-3-2-4-6-12)23-17-13-7-8-26(18(13)25-20(21)24-17)19-15(22)16(27)14(34-19)9-33-36(31,32)10-35(28,29)30/h2-8,11,14-16,19,27H,9-10H2,1H3,(H,31,32)(H,23,24,25)(H2,28,29,30)/t11-,14+,15-,16+,19+/m0/s1. The van der Waals surface area contributed by atoms with Gasteiger partial charge in [-0.25, -0.2) is 9.37 Å². The minimum atomic E-state index is -4.85. The number of aliphatic hydroxyl groups is 1. The maximum atomic E-state index is 15.0. The summed E-state index contributed by atoms with van der Waals surface area (Å²) >= 11 is 6.13. The Morgan fingerprint density at radius 1 is 1.22 bits per heavy atom. The summed E-state index contributed by atoms with van der Waals surface area (Å²) in [5, 5.41) is 13.9. The highest BCUT2D eigenvalue weighted by Crippen LogP contribution is 2.55. The molecule has 0 aliphatic carbocycles. The van der Waals surface area contributed by atoms with Crippen molar-refractivity contribution >= 4 is 43.6 Å². The summed E-state index contributed by atoms with van der Waals surface area (Å²) in [6.07, 6.45) is -5.05. The van der Waals surface area contributed by atoms with Crippen LogP contribution in [0.1, 0.15) is 24.8 Å². The van der Waals surface area contributed by atoms with Crippen LogP contribution >= 0.6 is 26.8 Å². The van der Waals surface area contributed by atoms with Crippen molar-refractivity contribution in [2.24, 2.45) is 0 Å². The zero-order valence-corrected chi connectivity index (χ0v) is 21.3. The number of benzene rings is 1. The molecule has 12 nitrogen and oxygen atoms in total. The minimum Gasteiger partial charge on any atom is -0.387 e. The van der Waals surface area contributed by atoms with Crippen LogP contribution in [0.4, 0.5) is 10.2 Å². The van der Waals surface area contributed by atoms with Gasteiger partial charge in [-0.05, 0) is 30.2 Å². The first-order valence-corrected chi connectivity index (χ1v) is 14.6. The van der Waals surface area contributed by atoms with Gasteiger partial charge in [0.2, 0.25) is 5.28 Å². The molecule has 1 saturated heterocycles. The van der Waals surface area contributed by atoms with E-state index in [9.17, 15) is 19.1 Å². The van der Waals surface area contributed by atoms with E-state index in [0.29, 0.717) is 11.2 Å². The Bertz CT molecular complexity index is 1330. The number of nitrogens with one attached hydrogen (secondary N) is 1. The molecule has 16 heteroatoms. The number of aromatic nitrogens is 3. The van der Waals surface area contributed by atoms with Gasteiger partial charge in [0.1, 0.15) is 23.7 Å². The fourth-order valence-corrected chi connectivity index (χ4v) is 6.61. The number of fused-ring (bicyclic) bond motifs is 1. The van der Waals surface area contributed by atoms with Crippen molar-refractivity contribution in [2.45, 2.75) is 37.6 Å². The number of aliphatic hydroxyl groups excluding tert-OH is 1. The number of hydrogen-bond donors (Lipinski definition) is 5. The van der Waals surface area contributed by atoms with Crippen LogP contribution in [0.15, 0.2) is 42.6 Å². The molecule has 1 unspecified atom stereocenters. The number of hydrogen-bond acceptors (Lipinski definition) is 8. The average molecular weight is 565 g/mol. The molecule has 1 aromatic carbocycles. The largest absolute Gasteiger partial charge is 0.387 e. The quantitative estimate of drug-likeness (QED) is 0.190. The van der Waals surface area contributed by atoms with E-state index in [-0.39, 0.29) is 17.0 Å². The molecule has 0 spiro atoms. The third-order valence-electron chi connectivity index (χ3n) is 5.57. The van der Waals surface area contributed by atoms with Gasteiger partial charge in [-0.2, -0.15) is 4.98 Å². The number of halogens is 2. The summed E-state index contributed by atoms with van der Waals surface area (Å²) in [6, 6.07) is 11.1. The molecular formula is C20H24ClFN4O8P2. The van der Waals surface area contributed by atoms with E-state index in [1.165, 1.54) is 10.8 Å². The highest BCUT2D eigenvalue weighted by Gasteiger charge is 2.47. The van der Waals surface area contributed by atoms with E-state index in [1.807, 2.05) is 37.3 Å². The second-order valence-corrected chi connectivity index (χ2v) is 12.6. The predicted molar refractivity (Wildman–Crippen MR) is 129 cm³/mol. The Kier molecular flexibility index (Phi) is 7.87. The van der Waals surface area contributed by atoms with Crippen LogP contribution in [0.25, 0.3) is 11.0 Å². The molecule has 3 aromatic rings. The van der Waals surface area contributed by atoms with Crippen LogP contribution in [-0.4, -0.2) is 65.2 Å². The fourth-order valence-electron chi connectivity index (χ4n) is 3.88. The van der Waals surface area contributed by atoms with Crippen molar-refractivity contribution in [1.29, 1.82) is 0 Å². The van der Waals surface area contributed by atoms with E-state index < -0.39 is 52.3 Å². The summed E-state index contributed by atoms with van der Waals surface area (Å²) in [4.78, 5) is 35.9. The number of anilines is 1. The van der Waals surface area contributed by atoms with Crippen LogP contribution in [0.3, 0.4) is 0 Å². The summed E-state index contributed by atoms with van der Waals surface area (Å²) in [5.74, 6) is -1.02. The molecule has 2 aromatic heterocycles. The molecule has 1 fully saturated rings. The summed E-state index contributed by atoms with van der Waals surface area (Å²) in [6.45, 7) is 1.15. The molecule has 4 rings (SSSR count). The molecule has 0 radical (unpaired) electrons. The van der Waals surface area contributed by atoms with Gasteiger partial charge < -0.3 is 38.9 Å². The lowest BCUT2D eigenvalue weighted by Gasteiger charge is -2.19. The zero-order valence-electron chi connectivity index (χ0n) is 18.8. The second kappa shape index (κ2) is 10.4. The van der Waals surface area contributed by atoms with Crippen LogP contribution < -0.4 is 5.32 Å². The molecule has 0 amide bonds. The molecule has 0 saturated carbocycles. The maximum absolute atomic E-state index is 15.0. The van der Waals surface area contributed by atoms with Gasteiger partial charge in [0, 0.05) is 12.2 Å². The van der Waals surface area contributed by atoms with Crippen molar-refractivity contribution in [3.63, 3.8) is 0 Å². The van der Waals surface area contributed by atoms with Crippen LogP contribution in [0.2, 0.25) is 5.28 Å². The Morgan fingerprint density at radius 2 is 1.92 bits per heavy atom. The lowest BCUT2D eigenvalue weighted by molar-refractivity contribution is -0.0423. The van der Waals surface area contributed by atoms with E-state index in [4.69, 9.17) is 26.1 Å². The molecule has 36 heavy (non-hydrogen) atoms. The van der Waals surface area contributed by atoms with Crippen molar-refractivity contribution in [2.75, 3.05) is 17.8 Å².